The van der Waals surface area contributed by atoms with E-state index in [2.05, 4.69) is 0 Å². The first-order chi connectivity index (χ1) is 6.72. The lowest BCUT2D eigenvalue weighted by atomic mass is 10.1. The highest BCUT2D eigenvalue weighted by atomic mass is 35.5. The third kappa shape index (κ3) is 1.49. The monoisotopic (exact) mass is 224 g/mol. The minimum absolute atomic E-state index is 0.526. The van der Waals surface area contributed by atoms with Crippen molar-refractivity contribution in [2.75, 3.05) is 0 Å². The molecule has 0 N–H and O–H groups in total. The Balaban J connectivity index is 2.81. The topological polar surface area (TPSA) is 17.1 Å². The number of rotatable bonds is 1. The van der Waals surface area contributed by atoms with Gasteiger partial charge in [0.05, 0.1) is 10.0 Å². The van der Waals surface area contributed by atoms with Gasteiger partial charge in [0.1, 0.15) is 6.29 Å². The van der Waals surface area contributed by atoms with Crippen molar-refractivity contribution in [1.29, 1.82) is 0 Å². The Morgan fingerprint density at radius 1 is 1.07 bits per heavy atom. The molecule has 2 aromatic carbocycles. The van der Waals surface area contributed by atoms with E-state index in [1.807, 2.05) is 6.07 Å². The van der Waals surface area contributed by atoms with Crippen LogP contribution in [0.3, 0.4) is 0 Å². The van der Waals surface area contributed by atoms with Crippen molar-refractivity contribution < 1.29 is 4.79 Å². The van der Waals surface area contributed by atoms with Gasteiger partial charge in [0.25, 0.3) is 0 Å². The van der Waals surface area contributed by atoms with Crippen LogP contribution < -0.4 is 0 Å². The van der Waals surface area contributed by atoms with Crippen molar-refractivity contribution in [3.63, 3.8) is 0 Å². The van der Waals surface area contributed by atoms with Crippen LogP contribution in [0.5, 0.6) is 0 Å². The van der Waals surface area contributed by atoms with Gasteiger partial charge in [-0.25, -0.2) is 0 Å². The summed E-state index contributed by atoms with van der Waals surface area (Å²) in [7, 11) is 0. The van der Waals surface area contributed by atoms with Gasteiger partial charge in [-0.15, -0.1) is 0 Å². The van der Waals surface area contributed by atoms with Crippen LogP contribution in [0.2, 0.25) is 10.0 Å². The van der Waals surface area contributed by atoms with Gasteiger partial charge in [0, 0.05) is 10.9 Å². The summed E-state index contributed by atoms with van der Waals surface area (Å²) in [6.45, 7) is 0. The lowest BCUT2D eigenvalue weighted by molar-refractivity contribution is 0.112. The molecule has 14 heavy (non-hydrogen) atoms. The van der Waals surface area contributed by atoms with Gasteiger partial charge >= 0.3 is 0 Å². The molecule has 0 unspecified atom stereocenters. The third-order valence-corrected chi connectivity index (χ3v) is 2.89. The van der Waals surface area contributed by atoms with E-state index < -0.39 is 0 Å². The predicted octanol–water partition coefficient (Wildman–Crippen LogP) is 3.96. The quantitative estimate of drug-likeness (QED) is 0.671. The van der Waals surface area contributed by atoms with Crippen LogP contribution in [0.1, 0.15) is 10.4 Å². The van der Waals surface area contributed by atoms with Crippen LogP contribution in [0.25, 0.3) is 10.8 Å². The van der Waals surface area contributed by atoms with Crippen LogP contribution in [-0.2, 0) is 0 Å². The second-order valence-electron chi connectivity index (χ2n) is 2.96. The zero-order chi connectivity index (χ0) is 10.1. The minimum atomic E-state index is 0.526. The van der Waals surface area contributed by atoms with Crippen molar-refractivity contribution in [1.82, 2.24) is 0 Å². The van der Waals surface area contributed by atoms with Crippen molar-refractivity contribution >= 4 is 40.3 Å². The normalized spacial score (nSPS) is 10.4. The number of aldehydes is 1. The molecule has 0 saturated heterocycles. The van der Waals surface area contributed by atoms with Crippen LogP contribution in [0, 0.1) is 0 Å². The Morgan fingerprint density at radius 3 is 2.57 bits per heavy atom. The van der Waals surface area contributed by atoms with E-state index in [4.69, 9.17) is 23.2 Å². The second-order valence-corrected chi connectivity index (χ2v) is 3.74. The number of carbonyl (C=O) groups excluding carboxylic acids is 1. The number of hydrogen-bond donors (Lipinski definition) is 0. The molecular formula is C11H6Cl2O. The summed E-state index contributed by atoms with van der Waals surface area (Å²) in [5.41, 5.74) is 0.635. The Bertz CT molecular complexity index is 506. The van der Waals surface area contributed by atoms with Crippen molar-refractivity contribution in [2.45, 2.75) is 0 Å². The third-order valence-electron chi connectivity index (χ3n) is 2.07. The van der Waals surface area contributed by atoms with Gasteiger partial charge in [-0.3, -0.25) is 4.79 Å². The molecule has 0 aliphatic heterocycles. The Hall–Kier alpha value is -1.05. The maximum Gasteiger partial charge on any atom is 0.150 e. The van der Waals surface area contributed by atoms with E-state index in [0.29, 0.717) is 15.6 Å². The van der Waals surface area contributed by atoms with E-state index in [1.54, 1.807) is 24.3 Å². The molecule has 0 bridgehead atoms. The second kappa shape index (κ2) is 3.60. The largest absolute Gasteiger partial charge is 0.298 e. The molecule has 1 nitrogen and oxygen atoms in total. The molecule has 3 heteroatoms. The molecule has 2 rings (SSSR count). The Morgan fingerprint density at radius 2 is 1.86 bits per heavy atom. The Labute approximate surface area is 91.2 Å². The van der Waals surface area contributed by atoms with E-state index in [1.165, 1.54) is 0 Å². The number of halogens is 2. The summed E-state index contributed by atoms with van der Waals surface area (Å²) in [5.74, 6) is 0. The number of fused-ring (bicyclic) bond motifs is 1. The van der Waals surface area contributed by atoms with Gasteiger partial charge in [0.2, 0.25) is 0 Å². The summed E-state index contributed by atoms with van der Waals surface area (Å²) in [6.07, 6.45) is 0.807. The molecule has 0 amide bonds. The molecule has 0 aliphatic carbocycles. The highest BCUT2D eigenvalue weighted by Crippen LogP contribution is 2.30. The number of hydrogen-bond acceptors (Lipinski definition) is 1. The van der Waals surface area contributed by atoms with Crippen molar-refractivity contribution in [2.24, 2.45) is 0 Å². The highest BCUT2D eigenvalue weighted by molar-refractivity contribution is 6.45. The summed E-state index contributed by atoms with van der Waals surface area (Å²) >= 11 is 11.9. The molecule has 0 heterocycles. The maximum atomic E-state index is 10.5. The lowest BCUT2D eigenvalue weighted by Gasteiger charge is -2.02. The van der Waals surface area contributed by atoms with Crippen molar-refractivity contribution in [3.05, 3.63) is 45.9 Å². The smallest absolute Gasteiger partial charge is 0.150 e. The zero-order valence-corrected chi connectivity index (χ0v) is 8.64. The maximum absolute atomic E-state index is 10.5. The molecule has 0 atom stereocenters. The molecule has 0 spiro atoms. The molecule has 70 valence electrons. The minimum Gasteiger partial charge on any atom is -0.298 e. The van der Waals surface area contributed by atoms with Crippen LogP contribution >= 0.6 is 23.2 Å². The summed E-state index contributed by atoms with van der Waals surface area (Å²) in [6, 6.07) is 8.87. The average Bonchev–Trinajstić information content (AvgIpc) is 2.23. The summed E-state index contributed by atoms with van der Waals surface area (Å²) in [4.78, 5) is 10.5. The van der Waals surface area contributed by atoms with Crippen LogP contribution in [-0.4, -0.2) is 6.29 Å². The van der Waals surface area contributed by atoms with Crippen LogP contribution in [0.4, 0.5) is 0 Å². The number of benzene rings is 2. The van der Waals surface area contributed by atoms with E-state index in [9.17, 15) is 4.79 Å². The fourth-order valence-corrected chi connectivity index (χ4v) is 1.76. The molecule has 0 aliphatic rings. The van der Waals surface area contributed by atoms with Crippen LogP contribution in [0.15, 0.2) is 30.3 Å². The molecular weight excluding hydrogens is 219 g/mol. The van der Waals surface area contributed by atoms with Gasteiger partial charge < -0.3 is 0 Å². The fourth-order valence-electron chi connectivity index (χ4n) is 1.36. The summed E-state index contributed by atoms with van der Waals surface area (Å²) < 4.78 is 0. The molecule has 2 aromatic rings. The Kier molecular flexibility index (Phi) is 2.44. The zero-order valence-electron chi connectivity index (χ0n) is 7.13. The van der Waals surface area contributed by atoms with Crippen molar-refractivity contribution in [3.8, 4) is 0 Å². The van der Waals surface area contributed by atoms with Gasteiger partial charge in [-0.05, 0) is 17.5 Å². The fraction of sp³-hybridized carbons (Fsp3) is 0. The molecule has 0 fully saturated rings. The SMILES string of the molecule is O=Cc1ccc2c(Cl)c(Cl)ccc2c1. The highest BCUT2D eigenvalue weighted by Gasteiger charge is 2.03. The van der Waals surface area contributed by atoms with E-state index >= 15 is 0 Å². The van der Waals surface area contributed by atoms with E-state index in [-0.39, 0.29) is 0 Å². The predicted molar refractivity (Wildman–Crippen MR) is 59.4 cm³/mol. The van der Waals surface area contributed by atoms with E-state index in [0.717, 1.165) is 17.1 Å². The van der Waals surface area contributed by atoms with Gasteiger partial charge in [-0.2, -0.15) is 0 Å². The first kappa shape index (κ1) is 9.50. The first-order valence-electron chi connectivity index (χ1n) is 4.05. The van der Waals surface area contributed by atoms with Gasteiger partial charge in [-0.1, -0.05) is 41.4 Å². The summed E-state index contributed by atoms with van der Waals surface area (Å²) in [5, 5.41) is 2.84. The van der Waals surface area contributed by atoms with Gasteiger partial charge in [0.15, 0.2) is 0 Å². The first-order valence-corrected chi connectivity index (χ1v) is 4.81. The lowest BCUT2D eigenvalue weighted by Crippen LogP contribution is -1.81. The molecule has 0 aromatic heterocycles. The average molecular weight is 225 g/mol. The number of carbonyl (C=O) groups is 1. The molecule has 0 saturated carbocycles. The standard InChI is InChI=1S/C11H6Cl2O/c12-10-4-2-8-5-7(6-14)1-3-9(8)11(10)13/h1-6H. The molecule has 0 radical (unpaired) electrons.